The van der Waals surface area contributed by atoms with Gasteiger partial charge in [0.1, 0.15) is 11.5 Å². The summed E-state index contributed by atoms with van der Waals surface area (Å²) in [6.07, 6.45) is 1.32. The van der Waals surface area contributed by atoms with Gasteiger partial charge in [0.15, 0.2) is 5.69 Å². The molecule has 3 rings (SSSR count). The molecule has 1 aromatic carbocycles. The quantitative estimate of drug-likeness (QED) is 0.711. The van der Waals surface area contributed by atoms with Gasteiger partial charge in [-0.25, -0.2) is 0 Å². The molecule has 0 unspecified atom stereocenters. The van der Waals surface area contributed by atoms with E-state index in [0.29, 0.717) is 17.1 Å². The highest BCUT2D eigenvalue weighted by atomic mass is 16.3. The van der Waals surface area contributed by atoms with Crippen molar-refractivity contribution in [2.45, 2.75) is 13.8 Å². The molecule has 0 bridgehead atoms. The van der Waals surface area contributed by atoms with Crippen molar-refractivity contribution in [2.75, 3.05) is 0 Å². The maximum Gasteiger partial charge on any atom is 0.291 e. The van der Waals surface area contributed by atoms with E-state index in [9.17, 15) is 9.59 Å². The summed E-state index contributed by atoms with van der Waals surface area (Å²) in [5, 5.41) is 8.10. The van der Waals surface area contributed by atoms with E-state index in [0.717, 1.165) is 5.69 Å². The van der Waals surface area contributed by atoms with Crippen molar-refractivity contribution < 1.29 is 14.0 Å². The molecule has 0 saturated heterocycles. The number of furan rings is 1. The number of hydrazine groups is 1. The van der Waals surface area contributed by atoms with Crippen LogP contribution in [0.4, 0.5) is 0 Å². The van der Waals surface area contributed by atoms with E-state index < -0.39 is 11.8 Å². The number of carbonyl (C=O) groups excluding carboxylic acids is 2. The van der Waals surface area contributed by atoms with Crippen molar-refractivity contribution in [3.63, 3.8) is 0 Å². The Bertz CT molecular complexity index is 882. The zero-order valence-corrected chi connectivity index (χ0v) is 13.1. The van der Waals surface area contributed by atoms with E-state index in [-0.39, 0.29) is 5.69 Å². The first-order valence-electron chi connectivity index (χ1n) is 7.20. The fraction of sp³-hybridized carbons (Fsp3) is 0.125. The van der Waals surface area contributed by atoms with Crippen molar-refractivity contribution in [3.8, 4) is 5.69 Å². The third kappa shape index (κ3) is 3.17. The zero-order valence-electron chi connectivity index (χ0n) is 13.1. The minimum Gasteiger partial charge on any atom is -0.466 e. The maximum atomic E-state index is 12.1. The van der Waals surface area contributed by atoms with Crippen molar-refractivity contribution in [3.05, 3.63) is 65.4 Å². The Kier molecular flexibility index (Phi) is 4.11. The predicted molar refractivity (Wildman–Crippen MR) is 84.5 cm³/mol. The number of aromatic nitrogens is 3. The summed E-state index contributed by atoms with van der Waals surface area (Å²) in [5.74, 6) is 0.0700. The Morgan fingerprint density at radius 3 is 2.46 bits per heavy atom. The molecular formula is C16H15N5O3. The van der Waals surface area contributed by atoms with Crippen molar-refractivity contribution >= 4 is 11.8 Å². The standard InChI is InChI=1S/C16H15N5O3/c1-10-8-13(11(2)24-10)15(22)18-19-16(23)14-9-17-21(20-14)12-6-4-3-5-7-12/h3-9H,1-2H3,(H,18,22)(H,19,23). The van der Waals surface area contributed by atoms with Gasteiger partial charge in [0, 0.05) is 0 Å². The van der Waals surface area contributed by atoms with E-state index in [2.05, 4.69) is 21.0 Å². The highest BCUT2D eigenvalue weighted by molar-refractivity contribution is 5.98. The second kappa shape index (κ2) is 6.37. The largest absolute Gasteiger partial charge is 0.466 e. The first-order valence-corrected chi connectivity index (χ1v) is 7.20. The summed E-state index contributed by atoms with van der Waals surface area (Å²) in [7, 11) is 0. The molecule has 0 atom stereocenters. The van der Waals surface area contributed by atoms with Gasteiger partial charge >= 0.3 is 0 Å². The van der Waals surface area contributed by atoms with Gasteiger partial charge in [0.05, 0.1) is 17.4 Å². The highest BCUT2D eigenvalue weighted by Gasteiger charge is 2.16. The number of hydrogen-bond acceptors (Lipinski definition) is 5. The van der Waals surface area contributed by atoms with Gasteiger partial charge in [-0.3, -0.25) is 20.4 Å². The van der Waals surface area contributed by atoms with Crippen LogP contribution in [0, 0.1) is 13.8 Å². The summed E-state index contributed by atoms with van der Waals surface area (Å²) in [6.45, 7) is 3.42. The van der Waals surface area contributed by atoms with Crippen molar-refractivity contribution in [2.24, 2.45) is 0 Å². The molecule has 2 amide bonds. The fourth-order valence-corrected chi connectivity index (χ4v) is 2.15. The lowest BCUT2D eigenvalue weighted by Gasteiger charge is -2.04. The number of nitrogens with zero attached hydrogens (tertiary/aromatic N) is 3. The number of amides is 2. The van der Waals surface area contributed by atoms with Gasteiger partial charge in [0.25, 0.3) is 11.8 Å². The van der Waals surface area contributed by atoms with Crippen LogP contribution in [0.2, 0.25) is 0 Å². The van der Waals surface area contributed by atoms with Crippen LogP contribution in [0.15, 0.2) is 47.0 Å². The second-order valence-corrected chi connectivity index (χ2v) is 5.09. The molecule has 2 heterocycles. The van der Waals surface area contributed by atoms with Crippen LogP contribution >= 0.6 is 0 Å². The molecule has 0 aliphatic heterocycles. The van der Waals surface area contributed by atoms with E-state index in [4.69, 9.17) is 4.42 Å². The molecule has 0 aliphatic rings. The lowest BCUT2D eigenvalue weighted by molar-refractivity contribution is 0.0842. The molecule has 0 saturated carbocycles. The molecule has 0 spiro atoms. The summed E-state index contributed by atoms with van der Waals surface area (Å²) in [5.41, 5.74) is 5.80. The first-order chi connectivity index (χ1) is 11.5. The lowest BCUT2D eigenvalue weighted by Crippen LogP contribution is -2.41. The SMILES string of the molecule is Cc1cc(C(=O)NNC(=O)c2cnn(-c3ccccc3)n2)c(C)o1. The fourth-order valence-electron chi connectivity index (χ4n) is 2.15. The number of nitrogens with one attached hydrogen (secondary N) is 2. The molecule has 3 aromatic rings. The molecule has 0 fully saturated rings. The number of benzene rings is 1. The van der Waals surface area contributed by atoms with Crippen molar-refractivity contribution in [1.29, 1.82) is 0 Å². The number of para-hydroxylation sites is 1. The monoisotopic (exact) mass is 325 g/mol. The van der Waals surface area contributed by atoms with Crippen molar-refractivity contribution in [1.82, 2.24) is 25.8 Å². The molecule has 24 heavy (non-hydrogen) atoms. The van der Waals surface area contributed by atoms with Gasteiger partial charge in [-0.1, -0.05) is 18.2 Å². The Balaban J connectivity index is 1.64. The van der Waals surface area contributed by atoms with Crippen LogP contribution in [0.25, 0.3) is 5.69 Å². The molecule has 0 radical (unpaired) electrons. The third-order valence-corrected chi connectivity index (χ3v) is 3.29. The van der Waals surface area contributed by atoms with Gasteiger partial charge < -0.3 is 4.42 Å². The van der Waals surface area contributed by atoms with Gasteiger partial charge in [-0.15, -0.1) is 5.10 Å². The number of carbonyl (C=O) groups is 2. The lowest BCUT2D eigenvalue weighted by atomic mass is 10.2. The van der Waals surface area contributed by atoms with Crippen LogP contribution in [0.5, 0.6) is 0 Å². The minimum absolute atomic E-state index is 0.0826. The average molecular weight is 325 g/mol. The number of hydrogen-bond donors (Lipinski definition) is 2. The molecule has 8 heteroatoms. The molecular weight excluding hydrogens is 310 g/mol. The Hall–Kier alpha value is -3.42. The van der Waals surface area contributed by atoms with E-state index in [1.807, 2.05) is 30.3 Å². The maximum absolute atomic E-state index is 12.1. The van der Waals surface area contributed by atoms with E-state index in [1.165, 1.54) is 11.0 Å². The Labute approximate surface area is 137 Å². The van der Waals surface area contributed by atoms with Crippen LogP contribution < -0.4 is 10.9 Å². The zero-order chi connectivity index (χ0) is 17.1. The molecule has 0 aliphatic carbocycles. The average Bonchev–Trinajstić information content (AvgIpc) is 3.20. The third-order valence-electron chi connectivity index (χ3n) is 3.29. The molecule has 2 aromatic heterocycles. The van der Waals surface area contributed by atoms with Crippen LogP contribution in [0.1, 0.15) is 32.4 Å². The van der Waals surface area contributed by atoms with Crippen LogP contribution in [-0.4, -0.2) is 26.8 Å². The normalized spacial score (nSPS) is 10.4. The second-order valence-electron chi connectivity index (χ2n) is 5.09. The first kappa shape index (κ1) is 15.5. The van der Waals surface area contributed by atoms with Gasteiger partial charge in [-0.05, 0) is 32.0 Å². The number of rotatable bonds is 3. The number of aryl methyl sites for hydroxylation is 2. The Morgan fingerprint density at radius 2 is 1.79 bits per heavy atom. The van der Waals surface area contributed by atoms with Gasteiger partial charge in [-0.2, -0.15) is 9.90 Å². The topological polar surface area (TPSA) is 102 Å². The predicted octanol–water partition coefficient (Wildman–Crippen LogP) is 1.55. The summed E-state index contributed by atoms with van der Waals surface area (Å²) in [6, 6.07) is 10.8. The summed E-state index contributed by atoms with van der Waals surface area (Å²) >= 11 is 0. The van der Waals surface area contributed by atoms with E-state index in [1.54, 1.807) is 19.9 Å². The van der Waals surface area contributed by atoms with Crippen LogP contribution in [0.3, 0.4) is 0 Å². The summed E-state index contributed by atoms with van der Waals surface area (Å²) in [4.78, 5) is 25.4. The Morgan fingerprint density at radius 1 is 1.08 bits per heavy atom. The molecule has 2 N–H and O–H groups in total. The minimum atomic E-state index is -0.566. The molecule has 8 nitrogen and oxygen atoms in total. The smallest absolute Gasteiger partial charge is 0.291 e. The molecule has 122 valence electrons. The van der Waals surface area contributed by atoms with Crippen LogP contribution in [-0.2, 0) is 0 Å². The summed E-state index contributed by atoms with van der Waals surface area (Å²) < 4.78 is 5.28. The van der Waals surface area contributed by atoms with E-state index >= 15 is 0 Å². The van der Waals surface area contributed by atoms with Gasteiger partial charge in [0.2, 0.25) is 0 Å². The highest BCUT2D eigenvalue weighted by Crippen LogP contribution is 2.13.